The first-order valence-corrected chi connectivity index (χ1v) is 10.1. The van der Waals surface area contributed by atoms with Crippen molar-refractivity contribution in [2.75, 3.05) is 0 Å². The summed E-state index contributed by atoms with van der Waals surface area (Å²) in [7, 11) is 0. The van der Waals surface area contributed by atoms with Gasteiger partial charge < -0.3 is 15.3 Å². The first-order chi connectivity index (χ1) is 13.7. The lowest BCUT2D eigenvalue weighted by Crippen LogP contribution is -1.99. The van der Waals surface area contributed by atoms with E-state index in [0.29, 0.717) is 30.1 Å². The van der Waals surface area contributed by atoms with Crippen LogP contribution in [0.15, 0.2) is 36.4 Å². The first kappa shape index (κ1) is 20.8. The van der Waals surface area contributed by atoms with Gasteiger partial charge in [0.1, 0.15) is 17.2 Å². The van der Waals surface area contributed by atoms with Crippen molar-refractivity contribution < 1.29 is 15.3 Å². The SMILES string of the molecule is CCc1cc(Cc2cc(C)c(O)c(C)c2)c(O)c(Cc2cc(C)c(O)c(C)c2)c1. The molecule has 152 valence electrons. The van der Waals surface area contributed by atoms with Crippen molar-refractivity contribution in [1.82, 2.24) is 0 Å². The molecular weight excluding hydrogens is 360 g/mol. The Balaban J connectivity index is 2.00. The predicted molar refractivity (Wildman–Crippen MR) is 118 cm³/mol. The molecule has 3 aromatic carbocycles. The number of aromatic hydroxyl groups is 3. The zero-order valence-corrected chi connectivity index (χ0v) is 17.9. The largest absolute Gasteiger partial charge is 0.507 e. The van der Waals surface area contributed by atoms with Crippen molar-refractivity contribution in [3.05, 3.63) is 86.5 Å². The van der Waals surface area contributed by atoms with Crippen molar-refractivity contribution in [3.8, 4) is 17.2 Å². The number of benzene rings is 3. The van der Waals surface area contributed by atoms with E-state index in [9.17, 15) is 15.3 Å². The summed E-state index contributed by atoms with van der Waals surface area (Å²) in [6.07, 6.45) is 2.12. The molecule has 0 saturated carbocycles. The second-order valence-corrected chi connectivity index (χ2v) is 8.13. The Bertz CT molecular complexity index is 937. The Morgan fingerprint density at radius 1 is 0.517 bits per heavy atom. The highest BCUT2D eigenvalue weighted by Gasteiger charge is 2.14. The maximum absolute atomic E-state index is 11.0. The summed E-state index contributed by atoms with van der Waals surface area (Å²) in [5, 5.41) is 31.1. The zero-order chi connectivity index (χ0) is 21.3. The van der Waals surface area contributed by atoms with Crippen LogP contribution in [-0.2, 0) is 19.3 Å². The molecule has 3 rings (SSSR count). The molecule has 0 unspecified atom stereocenters. The van der Waals surface area contributed by atoms with Gasteiger partial charge in [-0.3, -0.25) is 0 Å². The molecule has 3 aromatic rings. The van der Waals surface area contributed by atoms with E-state index < -0.39 is 0 Å². The van der Waals surface area contributed by atoms with Gasteiger partial charge in [-0.15, -0.1) is 0 Å². The third-order valence-electron chi connectivity index (χ3n) is 5.63. The zero-order valence-electron chi connectivity index (χ0n) is 17.9. The highest BCUT2D eigenvalue weighted by atomic mass is 16.3. The number of hydrogen-bond donors (Lipinski definition) is 3. The fraction of sp³-hybridized carbons (Fsp3) is 0.308. The number of rotatable bonds is 5. The second-order valence-electron chi connectivity index (χ2n) is 8.13. The predicted octanol–water partition coefficient (Wildman–Crippen LogP) is 5.78. The van der Waals surface area contributed by atoms with Gasteiger partial charge in [0.25, 0.3) is 0 Å². The summed E-state index contributed by atoms with van der Waals surface area (Å²) in [6, 6.07) is 12.1. The quantitative estimate of drug-likeness (QED) is 0.517. The monoisotopic (exact) mass is 390 g/mol. The number of aryl methyl sites for hydroxylation is 5. The Hall–Kier alpha value is -2.94. The van der Waals surface area contributed by atoms with Crippen LogP contribution in [0, 0.1) is 27.7 Å². The molecule has 0 spiro atoms. The molecule has 0 aromatic heterocycles. The minimum absolute atomic E-state index is 0.328. The molecule has 0 atom stereocenters. The van der Waals surface area contributed by atoms with Crippen LogP contribution in [0.4, 0.5) is 0 Å². The minimum atomic E-state index is 0.328. The molecule has 0 aliphatic carbocycles. The average molecular weight is 391 g/mol. The molecule has 3 N–H and O–H groups in total. The van der Waals surface area contributed by atoms with Crippen molar-refractivity contribution in [3.63, 3.8) is 0 Å². The average Bonchev–Trinajstić information content (AvgIpc) is 2.67. The Kier molecular flexibility index (Phi) is 5.88. The van der Waals surface area contributed by atoms with Gasteiger partial charge in [-0.2, -0.15) is 0 Å². The lowest BCUT2D eigenvalue weighted by molar-refractivity contribution is 0.462. The van der Waals surface area contributed by atoms with Crippen LogP contribution in [0.2, 0.25) is 0 Å². The Morgan fingerprint density at radius 2 is 0.862 bits per heavy atom. The minimum Gasteiger partial charge on any atom is -0.507 e. The number of hydrogen-bond acceptors (Lipinski definition) is 3. The maximum Gasteiger partial charge on any atom is 0.122 e. The highest BCUT2D eigenvalue weighted by molar-refractivity contribution is 5.51. The molecule has 3 heteroatoms. The van der Waals surface area contributed by atoms with Crippen LogP contribution in [0.25, 0.3) is 0 Å². The van der Waals surface area contributed by atoms with E-state index in [1.807, 2.05) is 52.0 Å². The lowest BCUT2D eigenvalue weighted by atomic mass is 9.92. The molecule has 0 fully saturated rings. The van der Waals surface area contributed by atoms with Crippen LogP contribution in [0.3, 0.4) is 0 Å². The first-order valence-electron chi connectivity index (χ1n) is 10.1. The fourth-order valence-corrected chi connectivity index (χ4v) is 4.04. The Morgan fingerprint density at radius 3 is 1.17 bits per heavy atom. The molecule has 0 radical (unpaired) electrons. The molecule has 29 heavy (non-hydrogen) atoms. The van der Waals surface area contributed by atoms with Crippen molar-refractivity contribution in [2.45, 2.75) is 53.9 Å². The number of phenolic OH excluding ortho intramolecular Hbond substituents is 3. The van der Waals surface area contributed by atoms with E-state index in [1.54, 1.807) is 0 Å². The van der Waals surface area contributed by atoms with Gasteiger partial charge in [0.05, 0.1) is 0 Å². The normalized spacial score (nSPS) is 11.1. The van der Waals surface area contributed by atoms with Gasteiger partial charge in [0, 0.05) is 12.8 Å². The summed E-state index contributed by atoms with van der Waals surface area (Å²) in [5.74, 6) is 0.993. The van der Waals surface area contributed by atoms with Crippen LogP contribution in [0.5, 0.6) is 17.2 Å². The van der Waals surface area contributed by atoms with E-state index in [4.69, 9.17) is 0 Å². The fourth-order valence-electron chi connectivity index (χ4n) is 4.04. The molecule has 0 bridgehead atoms. The van der Waals surface area contributed by atoms with E-state index in [-0.39, 0.29) is 0 Å². The molecule has 0 saturated heterocycles. The topological polar surface area (TPSA) is 60.7 Å². The van der Waals surface area contributed by atoms with Crippen LogP contribution >= 0.6 is 0 Å². The summed E-state index contributed by atoms with van der Waals surface area (Å²) in [5.41, 5.74) is 8.53. The van der Waals surface area contributed by atoms with Gasteiger partial charge in [-0.25, -0.2) is 0 Å². The van der Waals surface area contributed by atoms with Crippen molar-refractivity contribution in [1.29, 1.82) is 0 Å². The summed E-state index contributed by atoms with van der Waals surface area (Å²) < 4.78 is 0. The molecule has 0 aliphatic rings. The molecule has 3 nitrogen and oxygen atoms in total. The second kappa shape index (κ2) is 8.20. The smallest absolute Gasteiger partial charge is 0.122 e. The molecule has 0 aliphatic heterocycles. The van der Waals surface area contributed by atoms with Crippen molar-refractivity contribution in [2.24, 2.45) is 0 Å². The van der Waals surface area contributed by atoms with Gasteiger partial charge >= 0.3 is 0 Å². The molecular formula is C26H30O3. The van der Waals surface area contributed by atoms with E-state index in [1.165, 1.54) is 5.56 Å². The standard InChI is InChI=1S/C26H30O3/c1-6-19-11-22(13-20-7-15(2)24(27)16(3)8-20)26(29)23(12-19)14-21-9-17(4)25(28)18(5)10-21/h7-12,27-29H,6,13-14H2,1-5H3. The van der Waals surface area contributed by atoms with Crippen molar-refractivity contribution >= 4 is 0 Å². The lowest BCUT2D eigenvalue weighted by Gasteiger charge is -2.15. The van der Waals surface area contributed by atoms with E-state index >= 15 is 0 Å². The van der Waals surface area contributed by atoms with Gasteiger partial charge in [-0.1, -0.05) is 43.3 Å². The third kappa shape index (κ3) is 4.40. The highest BCUT2D eigenvalue weighted by Crippen LogP contribution is 2.32. The third-order valence-corrected chi connectivity index (χ3v) is 5.63. The summed E-state index contributed by atoms with van der Waals surface area (Å²) in [4.78, 5) is 0. The van der Waals surface area contributed by atoms with E-state index in [2.05, 4.69) is 19.1 Å². The summed E-state index contributed by atoms with van der Waals surface area (Å²) in [6.45, 7) is 9.71. The van der Waals surface area contributed by atoms with Crippen LogP contribution in [-0.4, -0.2) is 15.3 Å². The van der Waals surface area contributed by atoms with Gasteiger partial charge in [0.15, 0.2) is 0 Å². The number of phenols is 3. The molecule has 0 amide bonds. The summed E-state index contributed by atoms with van der Waals surface area (Å²) >= 11 is 0. The van der Waals surface area contributed by atoms with Crippen LogP contribution < -0.4 is 0 Å². The van der Waals surface area contributed by atoms with E-state index in [0.717, 1.165) is 50.9 Å². The van der Waals surface area contributed by atoms with Gasteiger partial charge in [0.2, 0.25) is 0 Å². The maximum atomic E-state index is 11.0. The molecule has 0 heterocycles. The van der Waals surface area contributed by atoms with Gasteiger partial charge in [-0.05, 0) is 84.2 Å². The Labute approximate surface area is 173 Å². The van der Waals surface area contributed by atoms with Crippen LogP contribution in [0.1, 0.15) is 57.0 Å².